The van der Waals surface area contributed by atoms with Gasteiger partial charge in [0.25, 0.3) is 0 Å². The summed E-state index contributed by atoms with van der Waals surface area (Å²) in [6.07, 6.45) is 1.85. The molecule has 2 amide bonds. The van der Waals surface area contributed by atoms with Gasteiger partial charge in [-0.25, -0.2) is 4.79 Å². The number of piperidine rings is 1. The minimum absolute atomic E-state index is 0.0370. The molecule has 0 radical (unpaired) electrons. The van der Waals surface area contributed by atoms with E-state index in [0.29, 0.717) is 13.1 Å². The van der Waals surface area contributed by atoms with Gasteiger partial charge in [0, 0.05) is 26.6 Å². The summed E-state index contributed by atoms with van der Waals surface area (Å²) in [7, 11) is 1.67. The molecule has 2 heterocycles. The van der Waals surface area contributed by atoms with Crippen LogP contribution in [0, 0.1) is 11.8 Å². The third kappa shape index (κ3) is 2.57. The quantitative estimate of drug-likeness (QED) is 0.774. The van der Waals surface area contributed by atoms with Crippen molar-refractivity contribution in [1.82, 2.24) is 9.80 Å². The molecule has 6 nitrogen and oxygen atoms in total. The first-order valence-corrected chi connectivity index (χ1v) is 6.69. The molecule has 0 aromatic heterocycles. The lowest BCUT2D eigenvalue weighted by molar-refractivity contribution is -0.156. The highest BCUT2D eigenvalue weighted by molar-refractivity contribution is 5.91. The predicted molar refractivity (Wildman–Crippen MR) is 67.3 cm³/mol. The number of hydrogen-bond acceptors (Lipinski definition) is 3. The summed E-state index contributed by atoms with van der Waals surface area (Å²) >= 11 is 0. The Morgan fingerprint density at radius 2 is 2.05 bits per heavy atom. The number of likely N-dealkylation sites (tertiary alicyclic amines) is 2. The number of hydrogen-bond donors (Lipinski definition) is 1. The highest BCUT2D eigenvalue weighted by Gasteiger charge is 2.42. The number of carboxylic acids is 1. The molecule has 2 fully saturated rings. The van der Waals surface area contributed by atoms with Crippen molar-refractivity contribution in [3.8, 4) is 0 Å². The first kappa shape index (κ1) is 13.8. The number of carbonyl (C=O) groups excluding carboxylic acids is 2. The molecule has 6 heteroatoms. The molecule has 0 aliphatic carbocycles. The van der Waals surface area contributed by atoms with Gasteiger partial charge in [0.15, 0.2) is 0 Å². The predicted octanol–water partition coefficient (Wildman–Crippen LogP) is 0.176. The monoisotopic (exact) mass is 268 g/mol. The van der Waals surface area contributed by atoms with E-state index in [0.717, 1.165) is 12.8 Å². The molecule has 3 atom stereocenters. The maximum atomic E-state index is 12.4. The Labute approximate surface area is 112 Å². The third-order valence-corrected chi connectivity index (χ3v) is 4.16. The van der Waals surface area contributed by atoms with E-state index in [4.69, 9.17) is 0 Å². The Morgan fingerprint density at radius 3 is 2.58 bits per heavy atom. The van der Waals surface area contributed by atoms with Crippen molar-refractivity contribution < 1.29 is 19.5 Å². The fourth-order valence-corrected chi connectivity index (χ4v) is 3.08. The molecule has 3 unspecified atom stereocenters. The zero-order valence-corrected chi connectivity index (χ0v) is 11.3. The summed E-state index contributed by atoms with van der Waals surface area (Å²) in [5.74, 6) is -1.60. The summed E-state index contributed by atoms with van der Waals surface area (Å²) < 4.78 is 0. The summed E-state index contributed by atoms with van der Waals surface area (Å²) in [4.78, 5) is 38.3. The highest BCUT2D eigenvalue weighted by atomic mass is 16.4. The molecule has 0 saturated carbocycles. The molecule has 106 valence electrons. The zero-order chi connectivity index (χ0) is 14.2. The van der Waals surface area contributed by atoms with Crippen molar-refractivity contribution in [2.45, 2.75) is 32.2 Å². The van der Waals surface area contributed by atoms with E-state index in [1.54, 1.807) is 7.05 Å². The molecule has 2 aliphatic rings. The van der Waals surface area contributed by atoms with Crippen molar-refractivity contribution in [2.24, 2.45) is 11.8 Å². The van der Waals surface area contributed by atoms with Crippen LogP contribution in [-0.4, -0.2) is 58.9 Å². The van der Waals surface area contributed by atoms with Gasteiger partial charge >= 0.3 is 5.97 Å². The van der Waals surface area contributed by atoms with Crippen molar-refractivity contribution in [3.63, 3.8) is 0 Å². The largest absolute Gasteiger partial charge is 0.480 e. The fraction of sp³-hybridized carbons (Fsp3) is 0.769. The van der Waals surface area contributed by atoms with Crippen LogP contribution in [0.1, 0.15) is 26.2 Å². The van der Waals surface area contributed by atoms with Crippen LogP contribution in [0.15, 0.2) is 0 Å². The summed E-state index contributed by atoms with van der Waals surface area (Å²) in [5.41, 5.74) is 0. The highest BCUT2D eigenvalue weighted by Crippen LogP contribution is 2.27. The van der Waals surface area contributed by atoms with Crippen molar-refractivity contribution in [2.75, 3.05) is 20.1 Å². The Kier molecular flexibility index (Phi) is 3.78. The molecule has 2 saturated heterocycles. The fourth-order valence-electron chi connectivity index (χ4n) is 3.08. The number of amides is 2. The van der Waals surface area contributed by atoms with Gasteiger partial charge in [-0.05, 0) is 18.8 Å². The number of rotatable bonds is 2. The van der Waals surface area contributed by atoms with Crippen LogP contribution in [0.25, 0.3) is 0 Å². The van der Waals surface area contributed by atoms with Crippen LogP contribution >= 0.6 is 0 Å². The van der Waals surface area contributed by atoms with Gasteiger partial charge in [0.1, 0.15) is 6.04 Å². The van der Waals surface area contributed by atoms with E-state index in [1.807, 2.05) is 6.92 Å². The van der Waals surface area contributed by atoms with Gasteiger partial charge in [-0.15, -0.1) is 0 Å². The lowest BCUT2D eigenvalue weighted by atomic mass is 9.89. The van der Waals surface area contributed by atoms with Crippen LogP contribution in [0.4, 0.5) is 0 Å². The maximum Gasteiger partial charge on any atom is 0.326 e. The summed E-state index contributed by atoms with van der Waals surface area (Å²) in [5, 5.41) is 9.30. The Bertz CT molecular complexity index is 409. The first-order chi connectivity index (χ1) is 8.91. The SMILES string of the molecule is CC1CCCN(C(=O)C2CC(=O)N(C)C2)C1C(=O)O. The van der Waals surface area contributed by atoms with Gasteiger partial charge in [0.05, 0.1) is 5.92 Å². The Hall–Kier alpha value is -1.59. The smallest absolute Gasteiger partial charge is 0.326 e. The molecule has 19 heavy (non-hydrogen) atoms. The Balaban J connectivity index is 2.12. The minimum atomic E-state index is -0.946. The second-order valence-electron chi connectivity index (χ2n) is 5.61. The van der Waals surface area contributed by atoms with Gasteiger partial charge in [-0.2, -0.15) is 0 Å². The van der Waals surface area contributed by atoms with Crippen LogP contribution in [0.2, 0.25) is 0 Å². The Morgan fingerprint density at radius 1 is 1.37 bits per heavy atom. The van der Waals surface area contributed by atoms with E-state index in [-0.39, 0.29) is 30.1 Å². The van der Waals surface area contributed by atoms with Crippen LogP contribution in [0.3, 0.4) is 0 Å². The molecule has 2 rings (SSSR count). The average Bonchev–Trinajstić information content (AvgIpc) is 2.68. The number of carboxylic acid groups (broad SMARTS) is 1. The lowest BCUT2D eigenvalue weighted by Gasteiger charge is -2.38. The molecule has 0 bridgehead atoms. The van der Waals surface area contributed by atoms with Gasteiger partial charge in [-0.3, -0.25) is 9.59 Å². The molecule has 1 N–H and O–H groups in total. The molecule has 2 aliphatic heterocycles. The molecule has 0 aromatic rings. The normalized spacial score (nSPS) is 31.7. The van der Waals surface area contributed by atoms with Crippen LogP contribution < -0.4 is 0 Å². The topological polar surface area (TPSA) is 77.9 Å². The van der Waals surface area contributed by atoms with E-state index in [1.165, 1.54) is 9.80 Å². The lowest BCUT2D eigenvalue weighted by Crippen LogP contribution is -2.53. The van der Waals surface area contributed by atoms with Crippen molar-refractivity contribution in [1.29, 1.82) is 0 Å². The van der Waals surface area contributed by atoms with Gasteiger partial charge in [0.2, 0.25) is 11.8 Å². The van der Waals surface area contributed by atoms with Crippen molar-refractivity contribution in [3.05, 3.63) is 0 Å². The average molecular weight is 268 g/mol. The van der Waals surface area contributed by atoms with Crippen LogP contribution in [0.5, 0.6) is 0 Å². The van der Waals surface area contributed by atoms with E-state index in [9.17, 15) is 19.5 Å². The van der Waals surface area contributed by atoms with E-state index < -0.39 is 12.0 Å². The maximum absolute atomic E-state index is 12.4. The van der Waals surface area contributed by atoms with E-state index in [2.05, 4.69) is 0 Å². The third-order valence-electron chi connectivity index (χ3n) is 4.16. The molecular formula is C13H20N2O4. The van der Waals surface area contributed by atoms with Gasteiger partial charge in [-0.1, -0.05) is 6.92 Å². The summed E-state index contributed by atoms with van der Waals surface area (Å²) in [6.45, 7) is 2.74. The van der Waals surface area contributed by atoms with Gasteiger partial charge < -0.3 is 14.9 Å². The number of aliphatic carboxylic acids is 1. The van der Waals surface area contributed by atoms with Crippen molar-refractivity contribution >= 4 is 17.8 Å². The molecule has 0 aromatic carbocycles. The summed E-state index contributed by atoms with van der Waals surface area (Å²) in [6, 6.07) is -0.748. The van der Waals surface area contributed by atoms with Crippen LogP contribution in [-0.2, 0) is 14.4 Å². The van der Waals surface area contributed by atoms with E-state index >= 15 is 0 Å². The minimum Gasteiger partial charge on any atom is -0.480 e. The second-order valence-corrected chi connectivity index (χ2v) is 5.61. The standard InChI is InChI=1S/C13H20N2O4/c1-8-4-3-5-15(11(8)13(18)19)12(17)9-6-10(16)14(2)7-9/h8-9,11H,3-7H2,1-2H3,(H,18,19). The zero-order valence-electron chi connectivity index (χ0n) is 11.3. The second kappa shape index (κ2) is 5.19. The molecule has 0 spiro atoms. The molecular weight excluding hydrogens is 248 g/mol. The number of nitrogens with zero attached hydrogens (tertiary/aromatic N) is 2. The first-order valence-electron chi connectivity index (χ1n) is 6.69. The number of carbonyl (C=O) groups is 3.